The van der Waals surface area contributed by atoms with Gasteiger partial charge in [-0.05, 0) is 44.2 Å². The molecule has 2 heteroatoms. The number of nitrogens with one attached hydrogen (secondary N) is 1. The van der Waals surface area contributed by atoms with Gasteiger partial charge >= 0.3 is 0 Å². The smallest absolute Gasteiger partial charge is 0.00472 e. The Kier molecular flexibility index (Phi) is 7.38. The van der Waals surface area contributed by atoms with Crippen LogP contribution in [0.5, 0.6) is 0 Å². The average Bonchev–Trinajstić information content (AvgIpc) is 2.34. The van der Waals surface area contributed by atoms with Gasteiger partial charge in [-0.1, -0.05) is 47.0 Å². The Morgan fingerprint density at radius 1 is 1.37 bits per heavy atom. The van der Waals surface area contributed by atoms with E-state index >= 15 is 0 Å². The Hall–Kier alpha value is -0.0800. The van der Waals surface area contributed by atoms with Crippen molar-refractivity contribution in [2.75, 3.05) is 26.7 Å². The van der Waals surface area contributed by atoms with E-state index in [4.69, 9.17) is 0 Å². The zero-order valence-electron chi connectivity index (χ0n) is 14.0. The molecule has 1 saturated carbocycles. The van der Waals surface area contributed by atoms with Gasteiger partial charge in [0.25, 0.3) is 0 Å². The summed E-state index contributed by atoms with van der Waals surface area (Å²) in [5.74, 6) is 0.905. The lowest BCUT2D eigenvalue weighted by molar-refractivity contribution is 0.0892. The van der Waals surface area contributed by atoms with Gasteiger partial charge in [-0.15, -0.1) is 0 Å². The van der Waals surface area contributed by atoms with Crippen molar-refractivity contribution in [1.82, 2.24) is 10.2 Å². The Labute approximate surface area is 121 Å². The third-order valence-corrected chi connectivity index (χ3v) is 4.57. The number of rotatable bonds is 8. The van der Waals surface area contributed by atoms with Gasteiger partial charge in [0.15, 0.2) is 0 Å². The molecular formula is C17H36N2. The lowest BCUT2D eigenvalue weighted by Crippen LogP contribution is -2.47. The first-order chi connectivity index (χ1) is 8.97. The molecule has 19 heavy (non-hydrogen) atoms. The fraction of sp³-hybridized carbons (Fsp3) is 1.00. The van der Waals surface area contributed by atoms with Crippen LogP contribution >= 0.6 is 0 Å². The van der Waals surface area contributed by atoms with Crippen molar-refractivity contribution in [3.8, 4) is 0 Å². The van der Waals surface area contributed by atoms with Crippen LogP contribution in [-0.4, -0.2) is 37.6 Å². The van der Waals surface area contributed by atoms with Gasteiger partial charge in [0.2, 0.25) is 0 Å². The normalized spacial score (nSPS) is 28.3. The SMILES string of the molecule is CCCCN(C)CC1(CNC(C)C)CCCC(C)C1. The number of hydrogen-bond donors (Lipinski definition) is 1. The minimum atomic E-state index is 0.518. The van der Waals surface area contributed by atoms with Gasteiger partial charge in [0, 0.05) is 19.1 Å². The molecule has 1 aliphatic carbocycles. The Bertz CT molecular complexity index is 239. The molecule has 2 atom stereocenters. The molecule has 0 saturated heterocycles. The van der Waals surface area contributed by atoms with Gasteiger partial charge in [-0.2, -0.15) is 0 Å². The fourth-order valence-electron chi connectivity index (χ4n) is 3.63. The van der Waals surface area contributed by atoms with E-state index in [-0.39, 0.29) is 0 Å². The lowest BCUT2D eigenvalue weighted by atomic mass is 9.69. The van der Waals surface area contributed by atoms with Crippen LogP contribution in [-0.2, 0) is 0 Å². The summed E-state index contributed by atoms with van der Waals surface area (Å²) in [5, 5.41) is 3.71. The van der Waals surface area contributed by atoms with Crippen LogP contribution in [0.25, 0.3) is 0 Å². The Balaban J connectivity index is 2.57. The van der Waals surface area contributed by atoms with Crippen molar-refractivity contribution in [2.45, 2.75) is 72.3 Å². The first-order valence-corrected chi connectivity index (χ1v) is 8.39. The van der Waals surface area contributed by atoms with E-state index in [9.17, 15) is 0 Å². The molecule has 2 unspecified atom stereocenters. The van der Waals surface area contributed by atoms with Gasteiger partial charge in [-0.3, -0.25) is 0 Å². The molecule has 0 radical (unpaired) electrons. The topological polar surface area (TPSA) is 15.3 Å². The molecule has 1 N–H and O–H groups in total. The second kappa shape index (κ2) is 8.26. The predicted molar refractivity (Wildman–Crippen MR) is 85.6 cm³/mol. The van der Waals surface area contributed by atoms with Crippen LogP contribution < -0.4 is 5.32 Å². The summed E-state index contributed by atoms with van der Waals surface area (Å²) in [6.45, 7) is 13.0. The lowest BCUT2D eigenvalue weighted by Gasteiger charge is -2.43. The Morgan fingerprint density at radius 3 is 2.68 bits per heavy atom. The van der Waals surface area contributed by atoms with E-state index in [0.29, 0.717) is 11.5 Å². The minimum Gasteiger partial charge on any atom is -0.314 e. The number of hydrogen-bond acceptors (Lipinski definition) is 2. The van der Waals surface area contributed by atoms with Crippen LogP contribution in [0.1, 0.15) is 66.2 Å². The molecule has 0 heterocycles. The van der Waals surface area contributed by atoms with E-state index in [0.717, 1.165) is 5.92 Å². The van der Waals surface area contributed by atoms with Crippen molar-refractivity contribution < 1.29 is 0 Å². The average molecular weight is 268 g/mol. The molecule has 0 aliphatic heterocycles. The second-order valence-electron chi connectivity index (χ2n) is 7.33. The molecule has 1 aliphatic rings. The van der Waals surface area contributed by atoms with Gasteiger partial charge in [0.1, 0.15) is 0 Å². The van der Waals surface area contributed by atoms with Crippen molar-refractivity contribution in [2.24, 2.45) is 11.3 Å². The minimum absolute atomic E-state index is 0.518. The molecule has 0 aromatic heterocycles. The molecule has 0 aromatic carbocycles. The Morgan fingerprint density at radius 2 is 2.11 bits per heavy atom. The van der Waals surface area contributed by atoms with Gasteiger partial charge < -0.3 is 10.2 Å². The largest absolute Gasteiger partial charge is 0.314 e. The molecule has 2 nitrogen and oxygen atoms in total. The summed E-state index contributed by atoms with van der Waals surface area (Å²) in [7, 11) is 2.31. The zero-order valence-corrected chi connectivity index (χ0v) is 14.0. The van der Waals surface area contributed by atoms with Crippen molar-refractivity contribution >= 4 is 0 Å². The maximum Gasteiger partial charge on any atom is 0.00472 e. The quantitative estimate of drug-likeness (QED) is 0.718. The molecule has 0 amide bonds. The summed E-state index contributed by atoms with van der Waals surface area (Å²) in [4.78, 5) is 2.57. The summed E-state index contributed by atoms with van der Waals surface area (Å²) >= 11 is 0. The van der Waals surface area contributed by atoms with Crippen molar-refractivity contribution in [1.29, 1.82) is 0 Å². The van der Waals surface area contributed by atoms with E-state index in [2.05, 4.69) is 45.0 Å². The fourth-order valence-corrected chi connectivity index (χ4v) is 3.63. The standard InChI is InChI=1S/C17H36N2/c1-6-7-11-19(5)14-17(13-18-15(2)3)10-8-9-16(4)12-17/h15-16,18H,6-14H2,1-5H3. The molecule has 1 rings (SSSR count). The third kappa shape index (κ3) is 6.27. The highest BCUT2D eigenvalue weighted by molar-refractivity contribution is 4.89. The van der Waals surface area contributed by atoms with Crippen LogP contribution in [0.2, 0.25) is 0 Å². The highest BCUT2D eigenvalue weighted by Crippen LogP contribution is 2.39. The van der Waals surface area contributed by atoms with E-state index < -0.39 is 0 Å². The predicted octanol–water partition coefficient (Wildman–Crippen LogP) is 3.91. The zero-order chi connectivity index (χ0) is 14.3. The van der Waals surface area contributed by atoms with Crippen LogP contribution in [0.4, 0.5) is 0 Å². The van der Waals surface area contributed by atoms with Crippen LogP contribution in [0.3, 0.4) is 0 Å². The summed E-state index contributed by atoms with van der Waals surface area (Å²) in [6, 6.07) is 0.607. The first kappa shape index (κ1) is 17.0. The summed E-state index contributed by atoms with van der Waals surface area (Å²) in [5.41, 5.74) is 0.518. The molecule has 114 valence electrons. The summed E-state index contributed by atoms with van der Waals surface area (Å²) in [6.07, 6.45) is 8.30. The third-order valence-electron chi connectivity index (χ3n) is 4.57. The van der Waals surface area contributed by atoms with Crippen LogP contribution in [0.15, 0.2) is 0 Å². The van der Waals surface area contributed by atoms with E-state index in [1.807, 2.05) is 0 Å². The number of unbranched alkanes of at least 4 members (excludes halogenated alkanes) is 1. The molecule has 0 spiro atoms. The maximum atomic E-state index is 3.71. The number of nitrogens with zero attached hydrogens (tertiary/aromatic N) is 1. The molecule has 0 bridgehead atoms. The maximum absolute atomic E-state index is 3.71. The van der Waals surface area contributed by atoms with Crippen molar-refractivity contribution in [3.05, 3.63) is 0 Å². The second-order valence-corrected chi connectivity index (χ2v) is 7.33. The molecule has 0 aromatic rings. The highest BCUT2D eigenvalue weighted by atomic mass is 15.1. The first-order valence-electron chi connectivity index (χ1n) is 8.39. The van der Waals surface area contributed by atoms with E-state index in [1.54, 1.807) is 0 Å². The van der Waals surface area contributed by atoms with Crippen molar-refractivity contribution in [3.63, 3.8) is 0 Å². The van der Waals surface area contributed by atoms with Gasteiger partial charge in [0.05, 0.1) is 0 Å². The molecule has 1 fully saturated rings. The van der Waals surface area contributed by atoms with E-state index in [1.165, 1.54) is 58.2 Å². The molecular weight excluding hydrogens is 232 g/mol. The van der Waals surface area contributed by atoms with Gasteiger partial charge in [-0.25, -0.2) is 0 Å². The summed E-state index contributed by atoms with van der Waals surface area (Å²) < 4.78 is 0. The highest BCUT2D eigenvalue weighted by Gasteiger charge is 2.35. The van der Waals surface area contributed by atoms with Crippen LogP contribution in [0, 0.1) is 11.3 Å². The monoisotopic (exact) mass is 268 g/mol.